The third-order valence-electron chi connectivity index (χ3n) is 5.54. The lowest BCUT2D eigenvalue weighted by molar-refractivity contribution is 0.172. The van der Waals surface area contributed by atoms with Gasteiger partial charge in [0.05, 0.1) is 17.1 Å². The van der Waals surface area contributed by atoms with Gasteiger partial charge in [0.2, 0.25) is 0 Å². The summed E-state index contributed by atoms with van der Waals surface area (Å²) in [6.07, 6.45) is 4.13. The molecule has 0 bridgehead atoms. The number of amides is 2. The highest BCUT2D eigenvalue weighted by Crippen LogP contribution is 2.29. The number of halogens is 2. The number of aromatic amines is 1. The number of anilines is 2. The molecule has 2 amide bonds. The van der Waals surface area contributed by atoms with E-state index >= 15 is 0 Å². The molecule has 1 saturated heterocycles. The summed E-state index contributed by atoms with van der Waals surface area (Å²) < 4.78 is 27.0. The molecule has 1 fully saturated rings. The number of fused-ring (bicyclic) bond motifs is 1. The van der Waals surface area contributed by atoms with Crippen LogP contribution in [-0.2, 0) is 0 Å². The molecule has 0 spiro atoms. The number of piperidine rings is 1. The van der Waals surface area contributed by atoms with Crippen LogP contribution in [0.2, 0.25) is 0 Å². The molecular weight excluding hydrogens is 378 g/mol. The fourth-order valence-electron chi connectivity index (χ4n) is 3.82. The minimum absolute atomic E-state index is 0.0283. The van der Waals surface area contributed by atoms with E-state index in [4.69, 9.17) is 0 Å². The van der Waals surface area contributed by atoms with Gasteiger partial charge in [-0.3, -0.25) is 0 Å². The number of nitrogens with zero attached hydrogens (tertiary/aromatic N) is 4. The fourth-order valence-corrected chi connectivity index (χ4v) is 3.82. The molecule has 2 atom stereocenters. The van der Waals surface area contributed by atoms with E-state index in [1.807, 2.05) is 19.3 Å². The number of H-pyrrole nitrogens is 1. The first-order valence-electron chi connectivity index (χ1n) is 9.46. The fraction of sp³-hybridized carbons (Fsp3) is 0.350. The predicted octanol–water partition coefficient (Wildman–Crippen LogP) is 3.61. The molecule has 1 aliphatic rings. The van der Waals surface area contributed by atoms with Gasteiger partial charge in [-0.2, -0.15) is 0 Å². The van der Waals surface area contributed by atoms with E-state index in [2.05, 4.69) is 32.1 Å². The number of carbonyl (C=O) groups is 1. The summed E-state index contributed by atoms with van der Waals surface area (Å²) in [5.41, 5.74) is 0.719. The second-order valence-electron chi connectivity index (χ2n) is 7.38. The van der Waals surface area contributed by atoms with Crippen LogP contribution in [-0.4, -0.2) is 52.1 Å². The van der Waals surface area contributed by atoms with E-state index in [0.717, 1.165) is 35.4 Å². The van der Waals surface area contributed by atoms with Gasteiger partial charge in [-0.15, -0.1) is 0 Å². The molecule has 1 aromatic carbocycles. The monoisotopic (exact) mass is 400 g/mol. The van der Waals surface area contributed by atoms with Crippen molar-refractivity contribution >= 4 is 28.6 Å². The summed E-state index contributed by atoms with van der Waals surface area (Å²) in [4.78, 5) is 28.2. The topological polar surface area (TPSA) is 77.2 Å². The van der Waals surface area contributed by atoms with Crippen molar-refractivity contribution in [3.63, 3.8) is 0 Å². The number of likely N-dealkylation sites (N-methyl/N-ethyl adjacent to an activating group) is 1. The number of nitrogens with one attached hydrogen (secondary N) is 2. The summed E-state index contributed by atoms with van der Waals surface area (Å²) >= 11 is 0. The van der Waals surface area contributed by atoms with E-state index in [1.54, 1.807) is 4.90 Å². The highest BCUT2D eigenvalue weighted by atomic mass is 19.1. The molecule has 3 aromatic rings. The normalized spacial score (nSPS) is 19.4. The van der Waals surface area contributed by atoms with Crippen molar-refractivity contribution in [1.82, 2.24) is 19.9 Å². The largest absolute Gasteiger partial charge is 0.354 e. The number of rotatable bonds is 3. The van der Waals surface area contributed by atoms with E-state index in [9.17, 15) is 13.6 Å². The van der Waals surface area contributed by atoms with E-state index < -0.39 is 17.7 Å². The zero-order chi connectivity index (χ0) is 20.5. The van der Waals surface area contributed by atoms with Gasteiger partial charge in [-0.05, 0) is 30.5 Å². The maximum Gasteiger partial charge on any atom is 0.321 e. The Hall–Kier alpha value is -3.23. The Balaban J connectivity index is 1.51. The maximum atomic E-state index is 13.9. The number of benzene rings is 1. The van der Waals surface area contributed by atoms with Crippen molar-refractivity contribution in [3.8, 4) is 0 Å². The Labute approximate surface area is 166 Å². The Morgan fingerprint density at radius 2 is 2.14 bits per heavy atom. The molecule has 2 aromatic heterocycles. The van der Waals surface area contributed by atoms with Gasteiger partial charge >= 0.3 is 6.03 Å². The van der Waals surface area contributed by atoms with Crippen LogP contribution in [0.3, 0.4) is 0 Å². The van der Waals surface area contributed by atoms with Crippen LogP contribution < -0.4 is 10.2 Å². The second-order valence-corrected chi connectivity index (χ2v) is 7.38. The third-order valence-corrected chi connectivity index (χ3v) is 5.54. The van der Waals surface area contributed by atoms with Gasteiger partial charge < -0.3 is 20.1 Å². The highest BCUT2D eigenvalue weighted by molar-refractivity contribution is 5.90. The number of likely N-dealkylation sites (tertiary alicyclic amines) is 1. The van der Waals surface area contributed by atoms with Crippen LogP contribution in [0.15, 0.2) is 36.8 Å². The van der Waals surface area contributed by atoms with E-state index in [0.29, 0.717) is 19.0 Å². The van der Waals surface area contributed by atoms with Gasteiger partial charge in [0.15, 0.2) is 0 Å². The number of urea groups is 1. The van der Waals surface area contributed by atoms with Crippen molar-refractivity contribution < 1.29 is 13.6 Å². The van der Waals surface area contributed by atoms with Crippen LogP contribution in [0.25, 0.3) is 11.0 Å². The molecule has 0 aliphatic carbocycles. The Bertz CT molecular complexity index is 1040. The summed E-state index contributed by atoms with van der Waals surface area (Å²) in [7, 11) is 1.96. The second kappa shape index (κ2) is 7.65. The van der Waals surface area contributed by atoms with Crippen LogP contribution >= 0.6 is 0 Å². The molecule has 3 heterocycles. The van der Waals surface area contributed by atoms with Crippen molar-refractivity contribution in [3.05, 3.63) is 48.4 Å². The summed E-state index contributed by atoms with van der Waals surface area (Å²) in [6.45, 7) is 3.16. The lowest BCUT2D eigenvalue weighted by Crippen LogP contribution is -2.53. The molecule has 1 aliphatic heterocycles. The van der Waals surface area contributed by atoms with Crippen LogP contribution in [0.5, 0.6) is 0 Å². The van der Waals surface area contributed by atoms with Crippen molar-refractivity contribution in [2.75, 3.05) is 30.4 Å². The molecule has 152 valence electrons. The molecule has 2 unspecified atom stereocenters. The molecule has 4 rings (SSSR count). The van der Waals surface area contributed by atoms with Crippen molar-refractivity contribution in [2.24, 2.45) is 5.92 Å². The minimum atomic E-state index is -0.798. The molecule has 9 heteroatoms. The first-order valence-corrected chi connectivity index (χ1v) is 9.46. The number of aromatic nitrogens is 3. The summed E-state index contributed by atoms with van der Waals surface area (Å²) in [5.74, 6) is -0.362. The van der Waals surface area contributed by atoms with Gasteiger partial charge in [-0.25, -0.2) is 23.5 Å². The Kier molecular flexibility index (Phi) is 5.04. The number of hydrogen-bond acceptors (Lipinski definition) is 4. The Morgan fingerprint density at radius 1 is 1.31 bits per heavy atom. The van der Waals surface area contributed by atoms with Crippen molar-refractivity contribution in [2.45, 2.75) is 19.4 Å². The van der Waals surface area contributed by atoms with Crippen molar-refractivity contribution in [1.29, 1.82) is 0 Å². The zero-order valence-corrected chi connectivity index (χ0v) is 16.2. The van der Waals surface area contributed by atoms with Gasteiger partial charge in [0.25, 0.3) is 0 Å². The SMILES string of the molecule is CC1CCN(C(=O)Nc2ccc(F)cc2F)CC1N(C)c1ncnc2[nH]ccc12. The standard InChI is InChI=1S/C20H22F2N6O/c1-12-6-8-28(20(29)26-16-4-3-13(21)9-15(16)22)10-17(12)27(2)19-14-5-7-23-18(14)24-11-25-19/h3-5,7,9,11-12,17H,6,8,10H2,1-2H3,(H,26,29)(H,23,24,25). The first kappa shape index (κ1) is 19.1. The lowest BCUT2D eigenvalue weighted by atomic mass is 9.92. The van der Waals surface area contributed by atoms with Gasteiger partial charge in [0, 0.05) is 32.4 Å². The molecule has 7 nitrogen and oxygen atoms in total. The molecule has 29 heavy (non-hydrogen) atoms. The average molecular weight is 400 g/mol. The molecule has 0 radical (unpaired) electrons. The van der Waals surface area contributed by atoms with Gasteiger partial charge in [0.1, 0.15) is 29.4 Å². The average Bonchev–Trinajstić information content (AvgIpc) is 3.19. The van der Waals surface area contributed by atoms with Crippen LogP contribution in [0.4, 0.5) is 25.1 Å². The minimum Gasteiger partial charge on any atom is -0.354 e. The Morgan fingerprint density at radius 3 is 2.93 bits per heavy atom. The first-order chi connectivity index (χ1) is 13.9. The molecular formula is C20H22F2N6O. The van der Waals surface area contributed by atoms with Crippen LogP contribution in [0.1, 0.15) is 13.3 Å². The molecule has 0 saturated carbocycles. The van der Waals surface area contributed by atoms with Crippen LogP contribution in [0, 0.1) is 17.6 Å². The zero-order valence-electron chi connectivity index (χ0n) is 16.2. The summed E-state index contributed by atoms with van der Waals surface area (Å²) in [6, 6.07) is 4.64. The lowest BCUT2D eigenvalue weighted by Gasteiger charge is -2.42. The molecule has 2 N–H and O–H groups in total. The van der Waals surface area contributed by atoms with Gasteiger partial charge in [-0.1, -0.05) is 6.92 Å². The predicted molar refractivity (Wildman–Crippen MR) is 107 cm³/mol. The smallest absolute Gasteiger partial charge is 0.321 e. The number of carbonyl (C=O) groups excluding carboxylic acids is 1. The number of hydrogen-bond donors (Lipinski definition) is 2. The maximum absolute atomic E-state index is 13.9. The van der Waals surface area contributed by atoms with E-state index in [1.165, 1.54) is 12.4 Å². The third kappa shape index (κ3) is 3.72. The quantitative estimate of drug-likeness (QED) is 0.704. The summed E-state index contributed by atoms with van der Waals surface area (Å²) in [5, 5.41) is 3.46. The van der Waals surface area contributed by atoms with E-state index in [-0.39, 0.29) is 11.7 Å². The highest BCUT2D eigenvalue weighted by Gasteiger charge is 2.33.